The molecular formula is C17H22N4O2S. The van der Waals surface area contributed by atoms with Gasteiger partial charge in [0.05, 0.1) is 23.9 Å². The summed E-state index contributed by atoms with van der Waals surface area (Å²) in [6.07, 6.45) is 5.80. The number of hydrogen-bond donors (Lipinski definition) is 1. The standard InChI is InChI=1S/C17H22N4O2S/c1-10-13(21-7-9-24-17(21)18-10)16(22)19-12-11-4-8-23-15(11)14(12)20-5-2-3-6-20/h7,9,11-12,14-15H,2-6,8H2,1H3,(H,19,22)/t11-,12+,14-,15-/m1/s1. The van der Waals surface area contributed by atoms with Crippen molar-refractivity contribution in [3.05, 3.63) is 23.0 Å². The van der Waals surface area contributed by atoms with Crippen molar-refractivity contribution in [3.63, 3.8) is 0 Å². The number of ether oxygens (including phenoxy) is 1. The molecule has 0 aromatic carbocycles. The first-order valence-electron chi connectivity index (χ1n) is 8.83. The lowest BCUT2D eigenvalue weighted by molar-refractivity contribution is -0.0748. The van der Waals surface area contributed by atoms with Crippen molar-refractivity contribution in [2.75, 3.05) is 19.7 Å². The van der Waals surface area contributed by atoms with Crippen LogP contribution in [0.1, 0.15) is 35.4 Å². The Morgan fingerprint density at radius 1 is 1.42 bits per heavy atom. The summed E-state index contributed by atoms with van der Waals surface area (Å²) in [6, 6.07) is 0.543. The van der Waals surface area contributed by atoms with Crippen molar-refractivity contribution < 1.29 is 9.53 Å². The van der Waals surface area contributed by atoms with E-state index in [2.05, 4.69) is 15.2 Å². The van der Waals surface area contributed by atoms with Crippen LogP contribution < -0.4 is 5.32 Å². The van der Waals surface area contributed by atoms with Gasteiger partial charge >= 0.3 is 0 Å². The normalized spacial score (nSPS) is 32.9. The highest BCUT2D eigenvalue weighted by Crippen LogP contribution is 2.43. The quantitative estimate of drug-likeness (QED) is 0.919. The molecule has 0 radical (unpaired) electrons. The Morgan fingerprint density at radius 3 is 3.08 bits per heavy atom. The fourth-order valence-electron chi connectivity index (χ4n) is 4.73. The second kappa shape index (κ2) is 5.54. The van der Waals surface area contributed by atoms with Gasteiger partial charge in [0.25, 0.3) is 5.91 Å². The lowest BCUT2D eigenvalue weighted by Crippen LogP contribution is -2.70. The highest BCUT2D eigenvalue weighted by Gasteiger charge is 2.57. The van der Waals surface area contributed by atoms with Gasteiger partial charge in [0.15, 0.2) is 4.96 Å². The molecule has 24 heavy (non-hydrogen) atoms. The molecule has 7 heteroatoms. The Bertz CT molecular complexity index is 774. The molecule has 128 valence electrons. The van der Waals surface area contributed by atoms with E-state index in [1.165, 1.54) is 12.8 Å². The third-order valence-corrected chi connectivity index (χ3v) is 6.62. The molecule has 0 spiro atoms. The number of fused-ring (bicyclic) bond motifs is 2. The van der Waals surface area contributed by atoms with Crippen LogP contribution >= 0.6 is 11.3 Å². The zero-order chi connectivity index (χ0) is 16.3. The summed E-state index contributed by atoms with van der Waals surface area (Å²) in [5.74, 6) is 0.462. The number of aromatic nitrogens is 2. The number of hydrogen-bond acceptors (Lipinski definition) is 5. The largest absolute Gasteiger partial charge is 0.376 e. The number of nitrogens with one attached hydrogen (secondary N) is 1. The second-order valence-corrected chi connectivity index (χ2v) is 8.00. The predicted octanol–water partition coefficient (Wildman–Crippen LogP) is 1.69. The Labute approximate surface area is 144 Å². The number of likely N-dealkylation sites (tertiary alicyclic amines) is 1. The minimum atomic E-state index is -0.00190. The van der Waals surface area contributed by atoms with E-state index in [4.69, 9.17) is 4.74 Å². The molecule has 1 amide bonds. The van der Waals surface area contributed by atoms with Gasteiger partial charge in [0.1, 0.15) is 5.69 Å². The molecule has 2 aromatic rings. The summed E-state index contributed by atoms with van der Waals surface area (Å²) in [6.45, 7) is 5.00. The van der Waals surface area contributed by atoms with E-state index in [0.29, 0.717) is 23.8 Å². The van der Waals surface area contributed by atoms with Gasteiger partial charge in [0, 0.05) is 24.1 Å². The molecule has 4 heterocycles. The van der Waals surface area contributed by atoms with Crippen molar-refractivity contribution in [2.45, 2.75) is 44.4 Å². The van der Waals surface area contributed by atoms with Crippen molar-refractivity contribution >= 4 is 22.2 Å². The SMILES string of the molecule is Cc1nc2sccn2c1C(=O)N[C@H]1[C@H]2CCO[C@H]2[C@@H]1N1CCCC1. The van der Waals surface area contributed by atoms with E-state index in [1.54, 1.807) is 11.3 Å². The van der Waals surface area contributed by atoms with Crippen molar-refractivity contribution in [1.29, 1.82) is 0 Å². The highest BCUT2D eigenvalue weighted by atomic mass is 32.1. The van der Waals surface area contributed by atoms with Crippen LogP contribution in [0.25, 0.3) is 4.96 Å². The van der Waals surface area contributed by atoms with Crippen LogP contribution in [-0.2, 0) is 4.74 Å². The molecule has 2 aliphatic heterocycles. The van der Waals surface area contributed by atoms with Crippen LogP contribution in [0.15, 0.2) is 11.6 Å². The fourth-order valence-corrected chi connectivity index (χ4v) is 5.49. The van der Waals surface area contributed by atoms with E-state index in [0.717, 1.165) is 36.8 Å². The zero-order valence-corrected chi connectivity index (χ0v) is 14.6. The van der Waals surface area contributed by atoms with Gasteiger partial charge in [-0.3, -0.25) is 14.1 Å². The minimum absolute atomic E-state index is 0.00190. The van der Waals surface area contributed by atoms with Crippen LogP contribution in [0.2, 0.25) is 0 Å². The highest BCUT2D eigenvalue weighted by molar-refractivity contribution is 7.15. The van der Waals surface area contributed by atoms with Crippen LogP contribution in [0.3, 0.4) is 0 Å². The number of carbonyl (C=O) groups excluding carboxylic acids is 1. The molecule has 1 aliphatic carbocycles. The van der Waals surface area contributed by atoms with Crippen LogP contribution in [0.5, 0.6) is 0 Å². The van der Waals surface area contributed by atoms with E-state index < -0.39 is 0 Å². The molecule has 2 aromatic heterocycles. The Hall–Kier alpha value is -1.44. The van der Waals surface area contributed by atoms with E-state index >= 15 is 0 Å². The molecule has 0 unspecified atom stereocenters. The van der Waals surface area contributed by atoms with E-state index in [9.17, 15) is 4.79 Å². The maximum atomic E-state index is 13.0. The van der Waals surface area contributed by atoms with Crippen LogP contribution in [0.4, 0.5) is 0 Å². The maximum Gasteiger partial charge on any atom is 0.270 e. The van der Waals surface area contributed by atoms with Crippen molar-refractivity contribution in [2.24, 2.45) is 5.92 Å². The number of carbonyl (C=O) groups is 1. The number of imidazole rings is 1. The first-order chi connectivity index (χ1) is 11.7. The first kappa shape index (κ1) is 14.9. The number of thiazole rings is 1. The van der Waals surface area contributed by atoms with Gasteiger partial charge < -0.3 is 10.1 Å². The summed E-state index contributed by atoms with van der Waals surface area (Å²) in [7, 11) is 0. The number of amides is 1. The molecule has 2 saturated heterocycles. The lowest BCUT2D eigenvalue weighted by Gasteiger charge is -2.51. The van der Waals surface area contributed by atoms with Gasteiger partial charge in [-0.15, -0.1) is 11.3 Å². The van der Waals surface area contributed by atoms with Gasteiger partial charge in [-0.1, -0.05) is 0 Å². The lowest BCUT2D eigenvalue weighted by atomic mass is 9.70. The predicted molar refractivity (Wildman–Crippen MR) is 91.5 cm³/mol. The second-order valence-electron chi connectivity index (χ2n) is 7.12. The third-order valence-electron chi connectivity index (χ3n) is 5.86. The van der Waals surface area contributed by atoms with Crippen molar-refractivity contribution in [3.8, 4) is 0 Å². The molecule has 1 N–H and O–H groups in total. The minimum Gasteiger partial charge on any atom is -0.376 e. The van der Waals surface area contributed by atoms with Crippen LogP contribution in [-0.4, -0.2) is 58.1 Å². The first-order valence-corrected chi connectivity index (χ1v) is 9.70. The van der Waals surface area contributed by atoms with Gasteiger partial charge in [-0.05, 0) is 39.3 Å². The number of aryl methyl sites for hydroxylation is 1. The molecule has 1 saturated carbocycles. The summed E-state index contributed by atoms with van der Waals surface area (Å²) in [4.78, 5) is 20.9. The van der Waals surface area contributed by atoms with E-state index in [1.807, 2.05) is 22.9 Å². The Kier molecular flexibility index (Phi) is 3.43. The van der Waals surface area contributed by atoms with Crippen LogP contribution in [0, 0.1) is 12.8 Å². The monoisotopic (exact) mass is 346 g/mol. The molecule has 0 bridgehead atoms. The third kappa shape index (κ3) is 2.08. The topological polar surface area (TPSA) is 58.9 Å². The van der Waals surface area contributed by atoms with E-state index in [-0.39, 0.29) is 11.9 Å². The zero-order valence-electron chi connectivity index (χ0n) is 13.8. The molecule has 6 nitrogen and oxygen atoms in total. The average Bonchev–Trinajstić information content (AvgIpc) is 3.29. The summed E-state index contributed by atoms with van der Waals surface area (Å²) in [5.41, 5.74) is 1.48. The number of rotatable bonds is 3. The summed E-state index contributed by atoms with van der Waals surface area (Å²) < 4.78 is 7.86. The van der Waals surface area contributed by atoms with Gasteiger partial charge in [-0.2, -0.15) is 0 Å². The summed E-state index contributed by atoms with van der Waals surface area (Å²) >= 11 is 1.56. The maximum absolute atomic E-state index is 13.0. The molecule has 4 atom stereocenters. The average molecular weight is 346 g/mol. The molecular weight excluding hydrogens is 324 g/mol. The molecule has 3 fully saturated rings. The van der Waals surface area contributed by atoms with Crippen molar-refractivity contribution in [1.82, 2.24) is 19.6 Å². The Balaban J connectivity index is 1.40. The molecule has 3 aliphatic rings. The van der Waals surface area contributed by atoms with Gasteiger partial charge in [0.2, 0.25) is 0 Å². The smallest absolute Gasteiger partial charge is 0.270 e. The summed E-state index contributed by atoms with van der Waals surface area (Å²) in [5, 5.41) is 5.29. The fraction of sp³-hybridized carbons (Fsp3) is 0.647. The Morgan fingerprint density at radius 2 is 2.25 bits per heavy atom. The van der Waals surface area contributed by atoms with Gasteiger partial charge in [-0.25, -0.2) is 4.98 Å². The number of nitrogens with zero attached hydrogens (tertiary/aromatic N) is 3. The molecule has 5 rings (SSSR count).